The van der Waals surface area contributed by atoms with E-state index in [0.717, 1.165) is 5.56 Å². The Hall–Kier alpha value is -1.44. The summed E-state index contributed by atoms with van der Waals surface area (Å²) in [6.45, 7) is 4.57. The van der Waals surface area contributed by atoms with Gasteiger partial charge in [-0.25, -0.2) is 8.42 Å². The molecule has 1 aromatic rings. The zero-order valence-electron chi connectivity index (χ0n) is 13.8. The van der Waals surface area contributed by atoms with Crippen molar-refractivity contribution in [3.8, 4) is 0 Å². The molecule has 1 N–H and O–H groups in total. The van der Waals surface area contributed by atoms with Crippen LogP contribution in [0.15, 0.2) is 29.2 Å². The van der Waals surface area contributed by atoms with Gasteiger partial charge in [0.15, 0.2) is 0 Å². The van der Waals surface area contributed by atoms with E-state index >= 15 is 0 Å². The Morgan fingerprint density at radius 3 is 2.35 bits per heavy atom. The number of sulfonamides is 1. The van der Waals surface area contributed by atoms with Crippen LogP contribution in [0, 0.1) is 6.92 Å². The number of rotatable bonds is 5. The van der Waals surface area contributed by atoms with Crippen molar-refractivity contribution in [1.29, 1.82) is 0 Å². The van der Waals surface area contributed by atoms with E-state index in [0.29, 0.717) is 30.8 Å². The van der Waals surface area contributed by atoms with Gasteiger partial charge >= 0.3 is 5.97 Å². The Morgan fingerprint density at radius 1 is 1.26 bits per heavy atom. The lowest BCUT2D eigenvalue weighted by Gasteiger charge is -2.32. The Morgan fingerprint density at radius 2 is 1.83 bits per heavy atom. The number of aryl methyl sites for hydroxylation is 1. The maximum Gasteiger partial charge on any atom is 0.322 e. The molecular weight excluding hydrogens is 316 g/mol. The molecule has 0 unspecified atom stereocenters. The van der Waals surface area contributed by atoms with Crippen LogP contribution in [0.25, 0.3) is 0 Å². The maximum atomic E-state index is 12.6. The molecule has 1 atom stereocenters. The summed E-state index contributed by atoms with van der Waals surface area (Å²) in [5, 5.41) is 3.19. The molecule has 0 radical (unpaired) electrons. The largest absolute Gasteiger partial charge is 0.468 e. The third-order valence-electron chi connectivity index (χ3n) is 4.15. The summed E-state index contributed by atoms with van der Waals surface area (Å²) in [5.41, 5.74) is 1.03. The zero-order valence-corrected chi connectivity index (χ0v) is 14.6. The Bertz CT molecular complexity index is 635. The molecular formula is C16H24N2O4S. The summed E-state index contributed by atoms with van der Waals surface area (Å²) >= 11 is 0. The van der Waals surface area contributed by atoms with Gasteiger partial charge in [0.05, 0.1) is 12.0 Å². The van der Waals surface area contributed by atoms with Crippen molar-refractivity contribution < 1.29 is 17.9 Å². The Labute approximate surface area is 137 Å². The predicted molar refractivity (Wildman–Crippen MR) is 87.6 cm³/mol. The average Bonchev–Trinajstić information content (AvgIpc) is 2.55. The van der Waals surface area contributed by atoms with Gasteiger partial charge in [0.25, 0.3) is 0 Å². The molecule has 1 fully saturated rings. The second-order valence-corrected chi connectivity index (χ2v) is 7.84. The highest BCUT2D eigenvalue weighted by atomic mass is 32.2. The number of nitrogens with zero attached hydrogens (tertiary/aromatic N) is 1. The quantitative estimate of drug-likeness (QED) is 0.818. The second-order valence-electron chi connectivity index (χ2n) is 5.90. The number of carbonyl (C=O) groups is 1. The summed E-state index contributed by atoms with van der Waals surface area (Å²) in [6, 6.07) is 6.64. The second kappa shape index (κ2) is 7.42. The van der Waals surface area contributed by atoms with Gasteiger partial charge in [0.2, 0.25) is 10.0 Å². The summed E-state index contributed by atoms with van der Waals surface area (Å²) in [4.78, 5) is 11.8. The summed E-state index contributed by atoms with van der Waals surface area (Å²) in [6.07, 6.45) is 1.35. The van der Waals surface area contributed by atoms with Crippen LogP contribution in [0.3, 0.4) is 0 Å². The molecule has 23 heavy (non-hydrogen) atoms. The lowest BCUT2D eigenvalue weighted by molar-refractivity contribution is -0.142. The van der Waals surface area contributed by atoms with E-state index < -0.39 is 10.0 Å². The van der Waals surface area contributed by atoms with Crippen LogP contribution in [-0.2, 0) is 19.6 Å². The first-order valence-corrected chi connectivity index (χ1v) is 9.19. The highest BCUT2D eigenvalue weighted by Crippen LogP contribution is 2.21. The van der Waals surface area contributed by atoms with Crippen LogP contribution in [0.2, 0.25) is 0 Å². The molecule has 128 valence electrons. The van der Waals surface area contributed by atoms with E-state index in [4.69, 9.17) is 0 Å². The topological polar surface area (TPSA) is 75.7 Å². The van der Waals surface area contributed by atoms with Crippen molar-refractivity contribution in [1.82, 2.24) is 9.62 Å². The molecule has 1 saturated heterocycles. The van der Waals surface area contributed by atoms with Gasteiger partial charge in [-0.05, 0) is 38.8 Å². The van der Waals surface area contributed by atoms with E-state index in [9.17, 15) is 13.2 Å². The minimum atomic E-state index is -3.44. The third kappa shape index (κ3) is 4.31. The number of hydrogen-bond acceptors (Lipinski definition) is 5. The maximum absolute atomic E-state index is 12.6. The van der Waals surface area contributed by atoms with Crippen LogP contribution in [0.5, 0.6) is 0 Å². The highest BCUT2D eigenvalue weighted by molar-refractivity contribution is 7.89. The van der Waals surface area contributed by atoms with E-state index in [2.05, 4.69) is 10.1 Å². The Kier molecular flexibility index (Phi) is 5.78. The van der Waals surface area contributed by atoms with Gasteiger partial charge < -0.3 is 10.1 Å². The number of methoxy groups -OCH3 is 1. The standard InChI is InChI=1S/C16H24N2O4S/c1-12-4-6-15(7-5-12)23(20,21)18-10-8-14(9-11-18)17-13(2)16(19)22-3/h4-7,13-14,17H,8-11H2,1-3H3/t13-/m1/s1. The molecule has 0 saturated carbocycles. The minimum Gasteiger partial charge on any atom is -0.468 e. The van der Waals surface area contributed by atoms with E-state index in [1.165, 1.54) is 11.4 Å². The molecule has 2 rings (SSSR count). The lowest BCUT2D eigenvalue weighted by atomic mass is 10.1. The predicted octanol–water partition coefficient (Wildman–Crippen LogP) is 1.30. The smallest absolute Gasteiger partial charge is 0.322 e. The molecule has 0 amide bonds. The van der Waals surface area contributed by atoms with Gasteiger partial charge in [-0.1, -0.05) is 17.7 Å². The monoisotopic (exact) mass is 340 g/mol. The fourth-order valence-corrected chi connectivity index (χ4v) is 4.19. The van der Waals surface area contributed by atoms with Crippen molar-refractivity contribution in [2.75, 3.05) is 20.2 Å². The number of nitrogens with one attached hydrogen (secondary N) is 1. The molecule has 6 nitrogen and oxygen atoms in total. The SMILES string of the molecule is COC(=O)[C@@H](C)NC1CCN(S(=O)(=O)c2ccc(C)cc2)CC1. The van der Waals surface area contributed by atoms with Crippen molar-refractivity contribution >= 4 is 16.0 Å². The summed E-state index contributed by atoms with van der Waals surface area (Å²) in [5.74, 6) is -0.306. The van der Waals surface area contributed by atoms with Gasteiger partial charge in [-0.2, -0.15) is 4.31 Å². The molecule has 0 spiro atoms. The summed E-state index contributed by atoms with van der Waals surface area (Å²) in [7, 11) is -2.08. The van der Waals surface area contributed by atoms with Crippen molar-refractivity contribution in [2.45, 2.75) is 43.7 Å². The van der Waals surface area contributed by atoms with Crippen LogP contribution < -0.4 is 5.32 Å². The molecule has 1 aromatic carbocycles. The van der Waals surface area contributed by atoms with Crippen molar-refractivity contribution in [3.63, 3.8) is 0 Å². The number of esters is 1. The highest BCUT2D eigenvalue weighted by Gasteiger charge is 2.30. The van der Waals surface area contributed by atoms with Gasteiger partial charge in [0, 0.05) is 19.1 Å². The van der Waals surface area contributed by atoms with Crippen molar-refractivity contribution in [2.24, 2.45) is 0 Å². The van der Waals surface area contributed by atoms with Gasteiger partial charge in [-0.15, -0.1) is 0 Å². The molecule has 0 bridgehead atoms. The first kappa shape index (κ1) is 17.9. The van der Waals surface area contributed by atoms with E-state index in [1.54, 1.807) is 31.2 Å². The zero-order chi connectivity index (χ0) is 17.0. The number of hydrogen-bond donors (Lipinski definition) is 1. The van der Waals surface area contributed by atoms with Crippen LogP contribution in [-0.4, -0.2) is 51.0 Å². The molecule has 1 aliphatic heterocycles. The normalized spacial score (nSPS) is 18.6. The molecule has 0 aromatic heterocycles. The van der Waals surface area contributed by atoms with E-state index in [-0.39, 0.29) is 18.1 Å². The first-order chi connectivity index (χ1) is 10.8. The number of ether oxygens (including phenoxy) is 1. The molecule has 7 heteroatoms. The first-order valence-electron chi connectivity index (χ1n) is 7.75. The Balaban J connectivity index is 1.96. The van der Waals surface area contributed by atoms with Gasteiger partial charge in [-0.3, -0.25) is 4.79 Å². The molecule has 1 aliphatic rings. The lowest BCUT2D eigenvalue weighted by Crippen LogP contribution is -2.49. The van der Waals surface area contributed by atoms with Crippen LogP contribution in [0.4, 0.5) is 0 Å². The third-order valence-corrected chi connectivity index (χ3v) is 6.07. The number of carbonyl (C=O) groups excluding carboxylic acids is 1. The van der Waals surface area contributed by atoms with Crippen LogP contribution >= 0.6 is 0 Å². The average molecular weight is 340 g/mol. The van der Waals surface area contributed by atoms with Gasteiger partial charge in [0.1, 0.15) is 6.04 Å². The minimum absolute atomic E-state index is 0.119. The molecule has 1 heterocycles. The fraction of sp³-hybridized carbons (Fsp3) is 0.562. The van der Waals surface area contributed by atoms with E-state index in [1.807, 2.05) is 6.92 Å². The van der Waals surface area contributed by atoms with Crippen LogP contribution in [0.1, 0.15) is 25.3 Å². The van der Waals surface area contributed by atoms with Crippen molar-refractivity contribution in [3.05, 3.63) is 29.8 Å². The number of piperidine rings is 1. The summed E-state index contributed by atoms with van der Waals surface area (Å²) < 4.78 is 31.4. The molecule has 0 aliphatic carbocycles. The fourth-order valence-electron chi connectivity index (χ4n) is 2.72. The number of benzene rings is 1.